The van der Waals surface area contributed by atoms with Crippen molar-refractivity contribution >= 4 is 28.1 Å². The number of ether oxygens (including phenoxy) is 1. The molecular weight excluding hydrogens is 354 g/mol. The maximum Gasteiger partial charge on any atom is 0.269 e. The number of para-hydroxylation sites is 1. The largest absolute Gasteiger partial charge is 0.496 e. The van der Waals surface area contributed by atoms with E-state index in [9.17, 15) is 14.9 Å². The fourth-order valence-electron chi connectivity index (χ4n) is 2.49. The third kappa shape index (κ3) is 3.55. The van der Waals surface area contributed by atoms with Gasteiger partial charge in [-0.05, 0) is 30.7 Å². The number of nitrogens with zero attached hydrogens (tertiary/aromatic N) is 2. The molecule has 132 valence electrons. The van der Waals surface area contributed by atoms with Gasteiger partial charge in [-0.25, -0.2) is 4.98 Å². The van der Waals surface area contributed by atoms with Crippen molar-refractivity contribution in [1.82, 2.24) is 4.98 Å². The Morgan fingerprint density at radius 1 is 1.27 bits per heavy atom. The number of aryl methyl sites for hydroxylation is 1. The van der Waals surface area contributed by atoms with Crippen molar-refractivity contribution in [2.24, 2.45) is 0 Å². The van der Waals surface area contributed by atoms with Crippen molar-refractivity contribution < 1.29 is 14.5 Å². The molecule has 3 aromatic rings. The molecule has 8 heteroatoms. The van der Waals surface area contributed by atoms with E-state index in [4.69, 9.17) is 4.74 Å². The van der Waals surface area contributed by atoms with E-state index in [-0.39, 0.29) is 11.6 Å². The van der Waals surface area contributed by atoms with Gasteiger partial charge in [0.25, 0.3) is 11.6 Å². The van der Waals surface area contributed by atoms with Crippen molar-refractivity contribution in [2.45, 2.75) is 6.92 Å². The molecule has 0 saturated carbocycles. The molecule has 1 amide bonds. The lowest BCUT2D eigenvalue weighted by Crippen LogP contribution is -2.13. The van der Waals surface area contributed by atoms with Crippen LogP contribution in [0.4, 0.5) is 10.8 Å². The third-order valence-corrected chi connectivity index (χ3v) is 4.53. The number of anilines is 1. The Kier molecular flexibility index (Phi) is 4.94. The third-order valence-electron chi connectivity index (χ3n) is 3.77. The fourth-order valence-corrected chi connectivity index (χ4v) is 3.20. The van der Waals surface area contributed by atoms with Crippen LogP contribution in [0.3, 0.4) is 0 Å². The van der Waals surface area contributed by atoms with Crippen LogP contribution in [0.5, 0.6) is 5.75 Å². The summed E-state index contributed by atoms with van der Waals surface area (Å²) < 4.78 is 5.33. The molecule has 0 atom stereocenters. The number of nitrogens with one attached hydrogen (secondary N) is 1. The Morgan fingerprint density at radius 3 is 2.73 bits per heavy atom. The molecular formula is C18H15N3O4S. The summed E-state index contributed by atoms with van der Waals surface area (Å²) >= 11 is 1.29. The minimum absolute atomic E-state index is 0.0493. The normalized spacial score (nSPS) is 10.4. The van der Waals surface area contributed by atoms with Crippen molar-refractivity contribution in [2.75, 3.05) is 12.4 Å². The molecule has 0 aliphatic rings. The van der Waals surface area contributed by atoms with Crippen LogP contribution >= 0.6 is 11.3 Å². The summed E-state index contributed by atoms with van der Waals surface area (Å²) in [6.07, 6.45) is 0. The Balaban J connectivity index is 1.81. The number of nitro groups is 1. The number of methoxy groups -OCH3 is 1. The second-order valence-electron chi connectivity index (χ2n) is 5.45. The Bertz CT molecular complexity index is 984. The fraction of sp³-hybridized carbons (Fsp3) is 0.111. The molecule has 1 N–H and O–H groups in total. The number of aromatic nitrogens is 1. The predicted octanol–water partition coefficient (Wildman–Crippen LogP) is 4.29. The molecule has 0 fully saturated rings. The van der Waals surface area contributed by atoms with Gasteiger partial charge in [0, 0.05) is 28.6 Å². The minimum atomic E-state index is -0.491. The first kappa shape index (κ1) is 17.6. The molecule has 0 spiro atoms. The number of amides is 1. The van der Waals surface area contributed by atoms with Crippen molar-refractivity contribution in [3.63, 3.8) is 0 Å². The van der Waals surface area contributed by atoms with Crippen LogP contribution in [0.2, 0.25) is 0 Å². The quantitative estimate of drug-likeness (QED) is 0.535. The van der Waals surface area contributed by atoms with Gasteiger partial charge in [-0.2, -0.15) is 0 Å². The Hall–Kier alpha value is -3.26. The molecule has 3 rings (SSSR count). The molecule has 0 bridgehead atoms. The summed E-state index contributed by atoms with van der Waals surface area (Å²) in [6.45, 7) is 1.66. The van der Waals surface area contributed by atoms with Gasteiger partial charge in [0.15, 0.2) is 5.13 Å². The molecule has 0 aliphatic carbocycles. The van der Waals surface area contributed by atoms with Gasteiger partial charge in [-0.15, -0.1) is 11.3 Å². The van der Waals surface area contributed by atoms with Crippen LogP contribution in [0.25, 0.3) is 11.3 Å². The van der Waals surface area contributed by atoms with Gasteiger partial charge in [-0.3, -0.25) is 20.2 Å². The second kappa shape index (κ2) is 7.32. The summed E-state index contributed by atoms with van der Waals surface area (Å²) in [5, 5.41) is 15.8. The van der Waals surface area contributed by atoms with Gasteiger partial charge >= 0.3 is 0 Å². The first-order valence-electron chi connectivity index (χ1n) is 7.65. The SMILES string of the molecule is COc1ccccc1-c1csc(NC(=O)c2ccc([N+](=O)[O-])cc2C)n1. The Morgan fingerprint density at radius 2 is 2.04 bits per heavy atom. The highest BCUT2D eigenvalue weighted by Crippen LogP contribution is 2.32. The molecule has 1 heterocycles. The van der Waals surface area contributed by atoms with Gasteiger partial charge in [-0.1, -0.05) is 12.1 Å². The van der Waals surface area contributed by atoms with Crippen LogP contribution < -0.4 is 10.1 Å². The van der Waals surface area contributed by atoms with Crippen molar-refractivity contribution in [1.29, 1.82) is 0 Å². The van der Waals surface area contributed by atoms with E-state index in [0.717, 1.165) is 5.56 Å². The number of carbonyl (C=O) groups is 1. The van der Waals surface area contributed by atoms with Crippen LogP contribution in [0.1, 0.15) is 15.9 Å². The van der Waals surface area contributed by atoms with Crippen LogP contribution in [0.15, 0.2) is 47.8 Å². The summed E-state index contributed by atoms with van der Waals surface area (Å²) in [5.74, 6) is 0.334. The number of carbonyl (C=O) groups excluding carboxylic acids is 1. The average Bonchev–Trinajstić information content (AvgIpc) is 3.09. The molecule has 0 unspecified atom stereocenters. The van der Waals surface area contributed by atoms with E-state index < -0.39 is 4.92 Å². The minimum Gasteiger partial charge on any atom is -0.496 e. The highest BCUT2D eigenvalue weighted by molar-refractivity contribution is 7.14. The number of hydrogen-bond donors (Lipinski definition) is 1. The second-order valence-corrected chi connectivity index (χ2v) is 6.31. The lowest BCUT2D eigenvalue weighted by Gasteiger charge is -2.06. The van der Waals surface area contributed by atoms with Gasteiger partial charge in [0.05, 0.1) is 17.7 Å². The molecule has 7 nitrogen and oxygen atoms in total. The maximum absolute atomic E-state index is 12.4. The van der Waals surface area contributed by atoms with Crippen LogP contribution in [0, 0.1) is 17.0 Å². The molecule has 0 radical (unpaired) electrons. The molecule has 2 aromatic carbocycles. The topological polar surface area (TPSA) is 94.4 Å². The summed E-state index contributed by atoms with van der Waals surface area (Å²) in [5.41, 5.74) is 2.37. The van der Waals surface area contributed by atoms with E-state index in [1.54, 1.807) is 14.0 Å². The zero-order valence-corrected chi connectivity index (χ0v) is 14.9. The summed E-state index contributed by atoms with van der Waals surface area (Å²) in [6, 6.07) is 11.6. The number of thiazole rings is 1. The molecule has 0 aliphatic heterocycles. The number of hydrogen-bond acceptors (Lipinski definition) is 6. The lowest BCUT2D eigenvalue weighted by molar-refractivity contribution is -0.384. The van der Waals surface area contributed by atoms with E-state index >= 15 is 0 Å². The Labute approximate surface area is 153 Å². The maximum atomic E-state index is 12.4. The first-order chi connectivity index (χ1) is 12.5. The van der Waals surface area contributed by atoms with Crippen LogP contribution in [-0.2, 0) is 0 Å². The number of non-ortho nitro benzene ring substituents is 1. The van der Waals surface area contributed by atoms with Crippen molar-refractivity contribution in [3.05, 3.63) is 69.1 Å². The number of rotatable bonds is 5. The van der Waals surface area contributed by atoms with E-state index in [1.165, 1.54) is 29.5 Å². The van der Waals surface area contributed by atoms with Crippen LogP contribution in [-0.4, -0.2) is 22.9 Å². The highest BCUT2D eigenvalue weighted by atomic mass is 32.1. The molecule has 26 heavy (non-hydrogen) atoms. The lowest BCUT2D eigenvalue weighted by atomic mass is 10.1. The average molecular weight is 369 g/mol. The van der Waals surface area contributed by atoms with Gasteiger partial charge < -0.3 is 4.74 Å². The molecule has 0 saturated heterocycles. The van der Waals surface area contributed by atoms with Crippen molar-refractivity contribution in [3.8, 4) is 17.0 Å². The number of benzene rings is 2. The smallest absolute Gasteiger partial charge is 0.269 e. The zero-order chi connectivity index (χ0) is 18.7. The standard InChI is InChI=1S/C18H15N3O4S/c1-11-9-12(21(23)24)7-8-13(11)17(22)20-18-19-15(10-26-18)14-5-3-4-6-16(14)25-2/h3-10H,1-2H3,(H,19,20,22). The zero-order valence-electron chi connectivity index (χ0n) is 14.1. The highest BCUT2D eigenvalue weighted by Gasteiger charge is 2.16. The predicted molar refractivity (Wildman–Crippen MR) is 99.9 cm³/mol. The monoisotopic (exact) mass is 369 g/mol. The summed E-state index contributed by atoms with van der Waals surface area (Å²) in [4.78, 5) is 27.2. The van der Waals surface area contributed by atoms with Gasteiger partial charge in [0.2, 0.25) is 0 Å². The summed E-state index contributed by atoms with van der Waals surface area (Å²) in [7, 11) is 1.59. The van der Waals surface area contributed by atoms with Gasteiger partial charge in [0.1, 0.15) is 5.75 Å². The van der Waals surface area contributed by atoms with E-state index in [0.29, 0.717) is 27.7 Å². The van der Waals surface area contributed by atoms with E-state index in [2.05, 4.69) is 10.3 Å². The number of nitro benzene ring substituents is 1. The molecule has 1 aromatic heterocycles. The first-order valence-corrected chi connectivity index (χ1v) is 8.53. The van der Waals surface area contributed by atoms with E-state index in [1.807, 2.05) is 29.6 Å².